The van der Waals surface area contributed by atoms with Crippen molar-refractivity contribution in [3.8, 4) is 0 Å². The predicted molar refractivity (Wildman–Crippen MR) is 130 cm³/mol. The van der Waals surface area contributed by atoms with Gasteiger partial charge in [0.15, 0.2) is 0 Å². The molecule has 3 aromatic carbocycles. The molecule has 2 fully saturated rings. The van der Waals surface area contributed by atoms with Crippen molar-refractivity contribution in [1.82, 2.24) is 9.80 Å². The van der Waals surface area contributed by atoms with Gasteiger partial charge >= 0.3 is 6.18 Å². The molecule has 5 rings (SSSR count). The summed E-state index contributed by atoms with van der Waals surface area (Å²) in [6.07, 6.45) is -4.58. The normalized spacial score (nSPS) is 19.9. The standard InChI is InChI=1S/C28H26F3N3O2/c29-28(30,31)22-12-7-13-23(18-22)34-25(35)19-24(27(34)36)32-14-16-33(17-15-32)26(20-8-3-1-4-9-20)21-10-5-2-6-11-21/h1-13,18,24,26H,14-17,19H2/t24-/m1/s1. The smallest absolute Gasteiger partial charge is 0.290 e. The van der Waals surface area contributed by atoms with Crippen molar-refractivity contribution in [3.63, 3.8) is 0 Å². The lowest BCUT2D eigenvalue weighted by Gasteiger charge is -2.41. The van der Waals surface area contributed by atoms with Crippen LogP contribution in [0.4, 0.5) is 18.9 Å². The summed E-state index contributed by atoms with van der Waals surface area (Å²) in [6, 6.07) is 24.3. The summed E-state index contributed by atoms with van der Waals surface area (Å²) in [5.41, 5.74) is 1.44. The van der Waals surface area contributed by atoms with Crippen LogP contribution >= 0.6 is 0 Å². The SMILES string of the molecule is O=C1C[C@@H](N2CCN(C(c3ccccc3)c3ccccc3)CC2)C(=O)N1c1cccc(C(F)(F)F)c1. The fraction of sp³-hybridized carbons (Fsp3) is 0.286. The third-order valence-corrected chi connectivity index (χ3v) is 6.94. The molecule has 36 heavy (non-hydrogen) atoms. The monoisotopic (exact) mass is 493 g/mol. The van der Waals surface area contributed by atoms with Gasteiger partial charge < -0.3 is 0 Å². The van der Waals surface area contributed by atoms with E-state index in [-0.39, 0.29) is 18.2 Å². The van der Waals surface area contributed by atoms with Gasteiger partial charge in [0.1, 0.15) is 0 Å². The van der Waals surface area contributed by atoms with Crippen molar-refractivity contribution in [1.29, 1.82) is 0 Å². The molecule has 2 saturated heterocycles. The van der Waals surface area contributed by atoms with E-state index in [4.69, 9.17) is 0 Å². The molecule has 2 heterocycles. The number of imide groups is 1. The first-order valence-corrected chi connectivity index (χ1v) is 11.9. The number of rotatable bonds is 5. The van der Waals surface area contributed by atoms with Crippen molar-refractivity contribution >= 4 is 17.5 Å². The first kappa shape index (κ1) is 24.2. The van der Waals surface area contributed by atoms with Crippen LogP contribution in [-0.4, -0.2) is 53.8 Å². The maximum atomic E-state index is 13.2. The summed E-state index contributed by atoms with van der Waals surface area (Å²) < 4.78 is 39.5. The lowest BCUT2D eigenvalue weighted by atomic mass is 9.96. The van der Waals surface area contributed by atoms with E-state index in [1.165, 1.54) is 23.3 Å². The van der Waals surface area contributed by atoms with Crippen LogP contribution in [0.25, 0.3) is 0 Å². The zero-order valence-corrected chi connectivity index (χ0v) is 19.6. The number of halogens is 3. The van der Waals surface area contributed by atoms with Crippen LogP contribution in [0.2, 0.25) is 0 Å². The van der Waals surface area contributed by atoms with Gasteiger partial charge in [-0.2, -0.15) is 13.2 Å². The van der Waals surface area contributed by atoms with E-state index in [2.05, 4.69) is 29.2 Å². The van der Waals surface area contributed by atoms with Crippen molar-refractivity contribution in [2.24, 2.45) is 0 Å². The number of hydrogen-bond acceptors (Lipinski definition) is 4. The number of alkyl halides is 3. The Balaban J connectivity index is 1.31. The molecule has 1 atom stereocenters. The third-order valence-electron chi connectivity index (χ3n) is 6.94. The molecule has 2 amide bonds. The highest BCUT2D eigenvalue weighted by Gasteiger charge is 2.44. The number of amides is 2. The molecule has 0 saturated carbocycles. The molecule has 2 aliphatic rings. The molecule has 0 radical (unpaired) electrons. The first-order chi connectivity index (χ1) is 17.3. The van der Waals surface area contributed by atoms with Crippen LogP contribution in [0, 0.1) is 0 Å². The van der Waals surface area contributed by atoms with Gasteiger partial charge in [0, 0.05) is 26.2 Å². The largest absolute Gasteiger partial charge is 0.416 e. The van der Waals surface area contributed by atoms with Gasteiger partial charge in [-0.15, -0.1) is 0 Å². The Labute approximate surface area is 207 Å². The first-order valence-electron chi connectivity index (χ1n) is 11.9. The highest BCUT2D eigenvalue weighted by atomic mass is 19.4. The molecule has 0 spiro atoms. The van der Waals surface area contributed by atoms with E-state index in [1.807, 2.05) is 41.3 Å². The maximum Gasteiger partial charge on any atom is 0.416 e. The second kappa shape index (κ2) is 9.87. The zero-order chi connectivity index (χ0) is 25.3. The van der Waals surface area contributed by atoms with Crippen molar-refractivity contribution in [3.05, 3.63) is 102 Å². The fourth-order valence-electron chi connectivity index (χ4n) is 5.19. The van der Waals surface area contributed by atoms with Gasteiger partial charge in [-0.25, -0.2) is 4.90 Å². The summed E-state index contributed by atoms with van der Waals surface area (Å²) in [5, 5.41) is 0. The maximum absolute atomic E-state index is 13.2. The van der Waals surface area contributed by atoms with E-state index in [0.29, 0.717) is 26.2 Å². The van der Waals surface area contributed by atoms with Crippen LogP contribution in [0.15, 0.2) is 84.9 Å². The summed E-state index contributed by atoms with van der Waals surface area (Å²) in [4.78, 5) is 31.2. The Morgan fingerprint density at radius 1 is 0.750 bits per heavy atom. The molecule has 0 aliphatic carbocycles. The summed E-state index contributed by atoms with van der Waals surface area (Å²) in [7, 11) is 0. The van der Waals surface area contributed by atoms with Gasteiger partial charge in [0.25, 0.3) is 5.91 Å². The lowest BCUT2D eigenvalue weighted by Crippen LogP contribution is -2.53. The highest BCUT2D eigenvalue weighted by Crippen LogP contribution is 2.34. The van der Waals surface area contributed by atoms with Gasteiger partial charge in [-0.3, -0.25) is 19.4 Å². The van der Waals surface area contributed by atoms with E-state index < -0.39 is 29.6 Å². The molecule has 3 aromatic rings. The molecule has 0 bridgehead atoms. The second-order valence-electron chi connectivity index (χ2n) is 9.13. The van der Waals surface area contributed by atoms with Gasteiger partial charge in [-0.05, 0) is 29.3 Å². The van der Waals surface area contributed by atoms with Crippen LogP contribution in [-0.2, 0) is 15.8 Å². The Morgan fingerprint density at radius 2 is 1.33 bits per heavy atom. The number of hydrogen-bond donors (Lipinski definition) is 0. The lowest BCUT2D eigenvalue weighted by molar-refractivity contribution is -0.137. The molecule has 186 valence electrons. The molecule has 2 aliphatic heterocycles. The number of benzene rings is 3. The van der Waals surface area contributed by atoms with Gasteiger partial charge in [-0.1, -0.05) is 66.7 Å². The molecular formula is C28H26F3N3O2. The second-order valence-corrected chi connectivity index (χ2v) is 9.13. The third kappa shape index (κ3) is 4.79. The zero-order valence-electron chi connectivity index (χ0n) is 19.6. The molecule has 0 aromatic heterocycles. The Kier molecular flexibility index (Phi) is 6.64. The van der Waals surface area contributed by atoms with Crippen LogP contribution < -0.4 is 4.90 Å². The number of carbonyl (C=O) groups is 2. The van der Waals surface area contributed by atoms with Gasteiger partial charge in [0.2, 0.25) is 5.91 Å². The molecule has 0 unspecified atom stereocenters. The quantitative estimate of drug-likeness (QED) is 0.482. The summed E-state index contributed by atoms with van der Waals surface area (Å²) >= 11 is 0. The van der Waals surface area contributed by atoms with Crippen molar-refractivity contribution in [2.45, 2.75) is 24.7 Å². The minimum atomic E-state index is -4.55. The van der Waals surface area contributed by atoms with E-state index >= 15 is 0 Å². The van der Waals surface area contributed by atoms with E-state index in [9.17, 15) is 22.8 Å². The Hall–Kier alpha value is -3.49. The van der Waals surface area contributed by atoms with Crippen LogP contribution in [0.1, 0.15) is 29.2 Å². The average molecular weight is 494 g/mol. The summed E-state index contributed by atoms with van der Waals surface area (Å²) in [6.45, 7) is 2.54. The van der Waals surface area contributed by atoms with Crippen molar-refractivity contribution in [2.75, 3.05) is 31.1 Å². The Morgan fingerprint density at radius 3 is 1.89 bits per heavy atom. The topological polar surface area (TPSA) is 43.9 Å². The fourth-order valence-corrected chi connectivity index (χ4v) is 5.19. The molecule has 8 heteroatoms. The predicted octanol–water partition coefficient (Wildman–Crippen LogP) is 4.74. The van der Waals surface area contributed by atoms with Crippen molar-refractivity contribution < 1.29 is 22.8 Å². The van der Waals surface area contributed by atoms with Crippen LogP contribution in [0.3, 0.4) is 0 Å². The molecule has 0 N–H and O–H groups in total. The molecular weight excluding hydrogens is 467 g/mol. The number of anilines is 1. The molecule has 5 nitrogen and oxygen atoms in total. The average Bonchev–Trinajstić information content (AvgIpc) is 3.19. The number of piperazine rings is 1. The highest BCUT2D eigenvalue weighted by molar-refractivity contribution is 6.22. The Bertz CT molecular complexity index is 1190. The number of carbonyl (C=O) groups excluding carboxylic acids is 2. The van der Waals surface area contributed by atoms with E-state index in [1.54, 1.807) is 0 Å². The van der Waals surface area contributed by atoms with Gasteiger partial charge in [0.05, 0.1) is 29.8 Å². The minimum absolute atomic E-state index is 0.0319. The van der Waals surface area contributed by atoms with Crippen LogP contribution in [0.5, 0.6) is 0 Å². The summed E-state index contributed by atoms with van der Waals surface area (Å²) in [5.74, 6) is -0.936. The van der Waals surface area contributed by atoms with E-state index in [0.717, 1.165) is 17.0 Å². The number of nitrogens with zero attached hydrogens (tertiary/aromatic N) is 3. The minimum Gasteiger partial charge on any atom is -0.290 e.